The summed E-state index contributed by atoms with van der Waals surface area (Å²) in [6.45, 7) is 0. The van der Waals surface area contributed by atoms with Crippen LogP contribution in [0.1, 0.15) is 0 Å². The van der Waals surface area contributed by atoms with Crippen LogP contribution in [-0.2, 0) is 0 Å². The van der Waals surface area contributed by atoms with Crippen molar-refractivity contribution < 1.29 is 4.92 Å². The molecule has 0 unspecified atom stereocenters. The highest BCUT2D eigenvalue weighted by Crippen LogP contribution is 2.25. The van der Waals surface area contributed by atoms with E-state index in [1.165, 1.54) is 6.20 Å². The number of aromatic nitrogens is 1. The summed E-state index contributed by atoms with van der Waals surface area (Å²) >= 11 is 3.04. The smallest absolute Gasteiger partial charge is 0.387 e. The van der Waals surface area contributed by atoms with Crippen LogP contribution in [0.15, 0.2) is 16.7 Å². The number of nitrogens with zero attached hydrogens (tertiary/aromatic N) is 2. The van der Waals surface area contributed by atoms with E-state index >= 15 is 0 Å². The third kappa shape index (κ3) is 1.45. The summed E-state index contributed by atoms with van der Waals surface area (Å²) in [4.78, 5) is 13.1. The molecule has 0 saturated carbocycles. The Morgan fingerprint density at radius 1 is 1.73 bits per heavy atom. The summed E-state index contributed by atoms with van der Waals surface area (Å²) in [6.07, 6.45) is 1.32. The van der Waals surface area contributed by atoms with Gasteiger partial charge in [-0.3, -0.25) is 0 Å². The van der Waals surface area contributed by atoms with E-state index in [1.54, 1.807) is 6.07 Å². The highest BCUT2D eigenvalue weighted by atomic mass is 79.9. The lowest BCUT2D eigenvalue weighted by atomic mass is 10.4. The minimum Gasteiger partial charge on any atom is -0.391 e. The maximum Gasteiger partial charge on any atom is 0.387 e. The van der Waals surface area contributed by atoms with Crippen molar-refractivity contribution in [2.24, 2.45) is 0 Å². The van der Waals surface area contributed by atoms with E-state index in [-0.39, 0.29) is 11.5 Å². The molecule has 0 aliphatic carbocycles. The van der Waals surface area contributed by atoms with Gasteiger partial charge in [0.1, 0.15) is 11.9 Å². The molecule has 0 spiro atoms. The molecule has 1 heterocycles. The average Bonchev–Trinajstić information content (AvgIpc) is 1.94. The minimum absolute atomic E-state index is 0.0532. The first-order valence-electron chi connectivity index (χ1n) is 2.67. The van der Waals surface area contributed by atoms with E-state index in [2.05, 4.69) is 20.9 Å². The Hall–Kier alpha value is -1.17. The van der Waals surface area contributed by atoms with Crippen LogP contribution in [0.4, 0.5) is 11.5 Å². The third-order valence-electron chi connectivity index (χ3n) is 1.09. The Kier molecular flexibility index (Phi) is 2.04. The zero-order valence-electron chi connectivity index (χ0n) is 5.32. The number of nitro groups is 1. The van der Waals surface area contributed by atoms with Gasteiger partial charge in [-0.15, -0.1) is 0 Å². The molecule has 6 heteroatoms. The number of hydrogen-bond acceptors (Lipinski definition) is 4. The molecule has 0 fully saturated rings. The van der Waals surface area contributed by atoms with Gasteiger partial charge in [0.2, 0.25) is 0 Å². The molecule has 0 amide bonds. The molecule has 0 atom stereocenters. The second-order valence-electron chi connectivity index (χ2n) is 1.79. The fraction of sp³-hybridized carbons (Fsp3) is 0. The van der Waals surface area contributed by atoms with Crippen LogP contribution in [-0.4, -0.2) is 9.91 Å². The van der Waals surface area contributed by atoms with Crippen molar-refractivity contribution >= 4 is 27.4 Å². The largest absolute Gasteiger partial charge is 0.391 e. The summed E-state index contributed by atoms with van der Waals surface area (Å²) in [5, 5.41) is 10.2. The normalized spacial score (nSPS) is 9.55. The van der Waals surface area contributed by atoms with E-state index in [1.807, 2.05) is 0 Å². The number of hydrogen-bond donors (Lipinski definition) is 1. The quantitative estimate of drug-likeness (QED) is 0.569. The van der Waals surface area contributed by atoms with Crippen molar-refractivity contribution in [2.45, 2.75) is 0 Å². The van der Waals surface area contributed by atoms with Crippen LogP contribution in [0.5, 0.6) is 0 Å². The van der Waals surface area contributed by atoms with E-state index in [4.69, 9.17) is 5.73 Å². The minimum atomic E-state index is -0.625. The molecule has 0 saturated heterocycles. The van der Waals surface area contributed by atoms with Crippen molar-refractivity contribution in [1.29, 1.82) is 0 Å². The topological polar surface area (TPSA) is 82.0 Å². The molecular formula is C5H4BrN3O2. The highest BCUT2D eigenvalue weighted by Gasteiger charge is 2.13. The second-order valence-corrected chi connectivity index (χ2v) is 2.64. The molecule has 1 aromatic heterocycles. The maximum absolute atomic E-state index is 10.2. The molecule has 1 rings (SSSR count). The van der Waals surface area contributed by atoms with Gasteiger partial charge in [0.15, 0.2) is 0 Å². The lowest BCUT2D eigenvalue weighted by Crippen LogP contribution is -1.98. The Morgan fingerprint density at radius 2 is 2.36 bits per heavy atom. The predicted octanol–water partition coefficient (Wildman–Crippen LogP) is 1.33. The summed E-state index contributed by atoms with van der Waals surface area (Å²) in [6, 6.07) is 1.54. The van der Waals surface area contributed by atoms with Gasteiger partial charge in [-0.1, -0.05) is 0 Å². The molecule has 2 N–H and O–H groups in total. The van der Waals surface area contributed by atoms with Gasteiger partial charge in [-0.25, -0.2) is 0 Å². The van der Waals surface area contributed by atoms with Crippen LogP contribution in [0.25, 0.3) is 0 Å². The van der Waals surface area contributed by atoms with Gasteiger partial charge >= 0.3 is 5.82 Å². The van der Waals surface area contributed by atoms with Gasteiger partial charge < -0.3 is 15.8 Å². The highest BCUT2D eigenvalue weighted by molar-refractivity contribution is 9.10. The average molecular weight is 218 g/mol. The fourth-order valence-corrected chi connectivity index (χ4v) is 0.880. The lowest BCUT2D eigenvalue weighted by molar-refractivity contribution is -0.388. The first kappa shape index (κ1) is 7.93. The first-order chi connectivity index (χ1) is 5.13. The summed E-state index contributed by atoms with van der Waals surface area (Å²) in [5.74, 6) is -0.320. The Bertz CT molecular complexity index is 302. The number of anilines is 1. The van der Waals surface area contributed by atoms with Crippen molar-refractivity contribution in [3.8, 4) is 0 Å². The van der Waals surface area contributed by atoms with E-state index in [0.717, 1.165) is 0 Å². The lowest BCUT2D eigenvalue weighted by Gasteiger charge is -1.96. The van der Waals surface area contributed by atoms with Crippen molar-refractivity contribution in [3.63, 3.8) is 0 Å². The molecular weight excluding hydrogens is 214 g/mol. The van der Waals surface area contributed by atoms with E-state index < -0.39 is 4.92 Å². The molecule has 0 radical (unpaired) electrons. The zero-order chi connectivity index (χ0) is 8.43. The van der Waals surface area contributed by atoms with Crippen LogP contribution < -0.4 is 5.73 Å². The van der Waals surface area contributed by atoms with Crippen molar-refractivity contribution in [1.82, 2.24) is 4.98 Å². The molecule has 1 aromatic rings. The summed E-state index contributed by atoms with van der Waals surface area (Å²) in [7, 11) is 0. The Balaban J connectivity index is 3.27. The molecule has 0 bridgehead atoms. The van der Waals surface area contributed by atoms with Crippen molar-refractivity contribution in [3.05, 3.63) is 26.9 Å². The van der Waals surface area contributed by atoms with Gasteiger partial charge in [-0.2, -0.15) is 0 Å². The van der Waals surface area contributed by atoms with Gasteiger partial charge in [-0.05, 0) is 31.9 Å². The SMILES string of the molecule is Nc1c(Br)ccnc1[N+](=O)[O-]. The molecule has 58 valence electrons. The molecule has 5 nitrogen and oxygen atoms in total. The molecule has 0 aromatic carbocycles. The van der Waals surface area contributed by atoms with Crippen LogP contribution in [0.2, 0.25) is 0 Å². The maximum atomic E-state index is 10.2. The monoisotopic (exact) mass is 217 g/mol. The number of rotatable bonds is 1. The van der Waals surface area contributed by atoms with E-state index in [9.17, 15) is 10.1 Å². The summed E-state index contributed by atoms with van der Waals surface area (Å²) in [5.41, 5.74) is 5.39. The number of nitrogen functional groups attached to an aromatic ring is 1. The van der Waals surface area contributed by atoms with Crippen LogP contribution in [0.3, 0.4) is 0 Å². The fourth-order valence-electron chi connectivity index (χ4n) is 0.585. The van der Waals surface area contributed by atoms with Crippen molar-refractivity contribution in [2.75, 3.05) is 5.73 Å². The molecule has 0 aliphatic rings. The zero-order valence-corrected chi connectivity index (χ0v) is 6.91. The summed E-state index contributed by atoms with van der Waals surface area (Å²) < 4.78 is 0.485. The molecule has 11 heavy (non-hydrogen) atoms. The number of pyridine rings is 1. The van der Waals surface area contributed by atoms with Gasteiger partial charge in [0.25, 0.3) is 0 Å². The van der Waals surface area contributed by atoms with E-state index in [0.29, 0.717) is 4.47 Å². The van der Waals surface area contributed by atoms with Crippen LogP contribution in [0, 0.1) is 10.1 Å². The number of nitrogens with two attached hydrogens (primary N) is 1. The predicted molar refractivity (Wildman–Crippen MR) is 43.0 cm³/mol. The van der Waals surface area contributed by atoms with Gasteiger partial charge in [0, 0.05) is 0 Å². The Morgan fingerprint density at radius 3 is 2.82 bits per heavy atom. The second kappa shape index (κ2) is 2.83. The Labute approximate surface area is 70.5 Å². The van der Waals surface area contributed by atoms with Gasteiger partial charge in [0.05, 0.1) is 4.47 Å². The van der Waals surface area contributed by atoms with Crippen LogP contribution >= 0.6 is 15.9 Å². The standard InChI is InChI=1S/C5H4BrN3O2/c6-3-1-2-8-5(4(3)7)9(10)11/h1-2H,7H2. The first-order valence-corrected chi connectivity index (χ1v) is 3.46. The number of halogens is 1. The third-order valence-corrected chi connectivity index (χ3v) is 1.78. The molecule has 0 aliphatic heterocycles.